The lowest BCUT2D eigenvalue weighted by Crippen LogP contribution is -2.19. The highest BCUT2D eigenvalue weighted by Crippen LogP contribution is 2.20. The number of benzene rings is 2. The fourth-order valence-electron chi connectivity index (χ4n) is 3.21. The van der Waals surface area contributed by atoms with Crippen LogP contribution in [0.25, 0.3) is 10.9 Å². The van der Waals surface area contributed by atoms with E-state index in [1.54, 1.807) is 37.4 Å². The predicted molar refractivity (Wildman–Crippen MR) is 123 cm³/mol. The molecular weight excluding hydrogens is 460 g/mol. The first-order chi connectivity index (χ1) is 14.9. The molecule has 0 fully saturated rings. The summed E-state index contributed by atoms with van der Waals surface area (Å²) in [6, 6.07) is 18.1. The molecule has 2 amide bonds. The van der Waals surface area contributed by atoms with Gasteiger partial charge in [0.2, 0.25) is 0 Å². The Hall–Kier alpha value is -3.65. The monoisotopic (exact) mass is 478 g/mol. The molecular formula is C23H19BrN4O3. The number of hydrogen-bond donors (Lipinski definition) is 2. The lowest BCUT2D eigenvalue weighted by atomic mass is 10.1. The van der Waals surface area contributed by atoms with E-state index in [2.05, 4.69) is 31.8 Å². The van der Waals surface area contributed by atoms with E-state index in [4.69, 9.17) is 4.42 Å². The third-order valence-electron chi connectivity index (χ3n) is 4.82. The third-order valence-corrected chi connectivity index (χ3v) is 5.25. The summed E-state index contributed by atoms with van der Waals surface area (Å²) < 4.78 is 7.65. The quantitative estimate of drug-likeness (QED) is 0.314. The number of aromatic nitrogens is 1. The van der Waals surface area contributed by atoms with Crippen LogP contribution in [0.15, 0.2) is 81.0 Å². The van der Waals surface area contributed by atoms with Crippen molar-refractivity contribution in [1.29, 1.82) is 0 Å². The van der Waals surface area contributed by atoms with Crippen molar-refractivity contribution in [2.45, 2.75) is 6.92 Å². The molecule has 0 saturated heterocycles. The van der Waals surface area contributed by atoms with Gasteiger partial charge in [0, 0.05) is 29.8 Å². The highest BCUT2D eigenvalue weighted by Gasteiger charge is 2.13. The van der Waals surface area contributed by atoms with Crippen molar-refractivity contribution < 1.29 is 14.0 Å². The van der Waals surface area contributed by atoms with Gasteiger partial charge in [-0.3, -0.25) is 9.59 Å². The van der Waals surface area contributed by atoms with Crippen LogP contribution in [-0.2, 0) is 7.05 Å². The molecule has 156 valence electrons. The van der Waals surface area contributed by atoms with Crippen molar-refractivity contribution in [2.24, 2.45) is 12.1 Å². The van der Waals surface area contributed by atoms with Gasteiger partial charge < -0.3 is 14.3 Å². The van der Waals surface area contributed by atoms with Crippen LogP contribution in [0.5, 0.6) is 0 Å². The zero-order chi connectivity index (χ0) is 22.0. The number of aryl methyl sites for hydroxylation is 1. The number of furan rings is 1. The van der Waals surface area contributed by atoms with Gasteiger partial charge in [-0.2, -0.15) is 5.10 Å². The minimum Gasteiger partial charge on any atom is -0.444 e. The fourth-order valence-corrected chi connectivity index (χ4v) is 3.51. The molecule has 7 nitrogen and oxygen atoms in total. The summed E-state index contributed by atoms with van der Waals surface area (Å²) in [5.41, 5.74) is 6.25. The van der Waals surface area contributed by atoms with Crippen molar-refractivity contribution in [3.8, 4) is 0 Å². The molecule has 0 aliphatic rings. The highest BCUT2D eigenvalue weighted by molar-refractivity contribution is 9.10. The molecule has 0 radical (unpaired) electrons. The van der Waals surface area contributed by atoms with Gasteiger partial charge in [0.15, 0.2) is 10.4 Å². The van der Waals surface area contributed by atoms with Crippen molar-refractivity contribution >= 4 is 50.0 Å². The maximum Gasteiger partial charge on any atom is 0.291 e. The van der Waals surface area contributed by atoms with Gasteiger partial charge in [-0.15, -0.1) is 0 Å². The molecule has 4 aromatic rings. The minimum atomic E-state index is -0.341. The van der Waals surface area contributed by atoms with Gasteiger partial charge in [0.25, 0.3) is 11.8 Å². The Balaban J connectivity index is 1.43. The van der Waals surface area contributed by atoms with Crippen LogP contribution in [0.1, 0.15) is 33.4 Å². The van der Waals surface area contributed by atoms with Crippen molar-refractivity contribution in [2.75, 3.05) is 5.32 Å². The molecule has 2 N–H and O–H groups in total. The van der Waals surface area contributed by atoms with Gasteiger partial charge in [-0.1, -0.05) is 30.3 Å². The smallest absolute Gasteiger partial charge is 0.291 e. The molecule has 2 aromatic heterocycles. The van der Waals surface area contributed by atoms with E-state index >= 15 is 0 Å². The Morgan fingerprint density at radius 2 is 1.74 bits per heavy atom. The Bertz CT molecular complexity index is 1300. The molecule has 0 saturated carbocycles. The number of hydrogen-bond acceptors (Lipinski definition) is 4. The first-order valence-electron chi connectivity index (χ1n) is 9.48. The lowest BCUT2D eigenvalue weighted by Gasteiger charge is -2.06. The summed E-state index contributed by atoms with van der Waals surface area (Å²) >= 11 is 3.17. The SMILES string of the molecule is C/C(=N/NC(=O)c1cn(C)c2ccccc12)c1ccc(NC(=O)c2ccc(Br)o2)cc1. The van der Waals surface area contributed by atoms with Crippen LogP contribution in [0.3, 0.4) is 0 Å². The predicted octanol–water partition coefficient (Wildman–Crippen LogP) is 4.94. The Morgan fingerprint density at radius 1 is 1.00 bits per heavy atom. The standard InChI is InChI=1S/C23H19BrN4O3/c1-14(26-27-22(29)18-13-28(2)19-6-4-3-5-17(18)19)15-7-9-16(10-8-15)25-23(30)20-11-12-21(24)31-20/h3-13H,1-2H3,(H,25,30)(H,27,29)/b26-14-. The molecule has 0 atom stereocenters. The topological polar surface area (TPSA) is 88.6 Å². The summed E-state index contributed by atoms with van der Waals surface area (Å²) in [5, 5.41) is 7.87. The summed E-state index contributed by atoms with van der Waals surface area (Å²) in [6.45, 7) is 1.80. The first kappa shape index (κ1) is 20.6. The maximum atomic E-state index is 12.6. The fraction of sp³-hybridized carbons (Fsp3) is 0.0870. The number of anilines is 1. The molecule has 2 aromatic carbocycles. The molecule has 0 aliphatic heterocycles. The Morgan fingerprint density at radius 3 is 2.45 bits per heavy atom. The summed E-state index contributed by atoms with van der Waals surface area (Å²) in [6.07, 6.45) is 1.79. The van der Waals surface area contributed by atoms with Crippen LogP contribution >= 0.6 is 15.9 Å². The maximum absolute atomic E-state index is 12.6. The normalized spacial score (nSPS) is 11.5. The average molecular weight is 479 g/mol. The number of halogens is 1. The molecule has 0 aliphatic carbocycles. The number of para-hydroxylation sites is 1. The zero-order valence-electron chi connectivity index (χ0n) is 16.8. The molecule has 0 bridgehead atoms. The number of nitrogens with one attached hydrogen (secondary N) is 2. The van der Waals surface area contributed by atoms with Gasteiger partial charge in [0.05, 0.1) is 11.3 Å². The molecule has 2 heterocycles. The average Bonchev–Trinajstić information content (AvgIpc) is 3.36. The number of rotatable bonds is 5. The van der Waals surface area contributed by atoms with Crippen molar-refractivity contribution in [1.82, 2.24) is 9.99 Å². The second kappa shape index (κ2) is 8.61. The number of hydrazone groups is 1. The van der Waals surface area contributed by atoms with Crippen LogP contribution in [0.4, 0.5) is 5.69 Å². The number of fused-ring (bicyclic) bond motifs is 1. The van der Waals surface area contributed by atoms with Gasteiger partial charge in [-0.25, -0.2) is 5.43 Å². The summed E-state index contributed by atoms with van der Waals surface area (Å²) in [4.78, 5) is 24.8. The molecule has 31 heavy (non-hydrogen) atoms. The lowest BCUT2D eigenvalue weighted by molar-refractivity contribution is 0.0955. The van der Waals surface area contributed by atoms with Crippen LogP contribution in [0.2, 0.25) is 0 Å². The number of carbonyl (C=O) groups is 2. The van der Waals surface area contributed by atoms with Crippen LogP contribution in [-0.4, -0.2) is 22.1 Å². The van der Waals surface area contributed by atoms with E-state index in [0.29, 0.717) is 21.6 Å². The second-order valence-electron chi connectivity index (χ2n) is 6.94. The van der Waals surface area contributed by atoms with E-state index in [0.717, 1.165) is 16.5 Å². The zero-order valence-corrected chi connectivity index (χ0v) is 18.4. The van der Waals surface area contributed by atoms with Gasteiger partial charge >= 0.3 is 0 Å². The number of amides is 2. The molecule has 4 rings (SSSR count). The van der Waals surface area contributed by atoms with E-state index in [1.807, 2.05) is 48.0 Å². The van der Waals surface area contributed by atoms with E-state index in [-0.39, 0.29) is 17.6 Å². The number of carbonyl (C=O) groups excluding carboxylic acids is 2. The summed E-state index contributed by atoms with van der Waals surface area (Å²) in [7, 11) is 1.90. The second-order valence-corrected chi connectivity index (χ2v) is 7.73. The molecule has 0 unspecified atom stereocenters. The minimum absolute atomic E-state index is 0.213. The van der Waals surface area contributed by atoms with Gasteiger partial charge in [0.1, 0.15) is 0 Å². The molecule has 8 heteroatoms. The van der Waals surface area contributed by atoms with Gasteiger partial charge in [-0.05, 0) is 58.7 Å². The van der Waals surface area contributed by atoms with Crippen molar-refractivity contribution in [3.05, 3.63) is 88.4 Å². The van der Waals surface area contributed by atoms with E-state index < -0.39 is 0 Å². The molecule has 0 spiro atoms. The first-order valence-corrected chi connectivity index (χ1v) is 10.3. The largest absolute Gasteiger partial charge is 0.444 e. The van der Waals surface area contributed by atoms with Crippen LogP contribution < -0.4 is 10.7 Å². The van der Waals surface area contributed by atoms with E-state index in [1.165, 1.54) is 0 Å². The van der Waals surface area contributed by atoms with Crippen molar-refractivity contribution in [3.63, 3.8) is 0 Å². The highest BCUT2D eigenvalue weighted by atomic mass is 79.9. The number of nitrogens with zero attached hydrogens (tertiary/aromatic N) is 2. The van der Waals surface area contributed by atoms with E-state index in [9.17, 15) is 9.59 Å². The summed E-state index contributed by atoms with van der Waals surface area (Å²) in [5.74, 6) is -0.402. The van der Waals surface area contributed by atoms with Crippen LogP contribution in [0, 0.1) is 0 Å². The Labute approximate surface area is 186 Å². The Kier molecular flexibility index (Phi) is 5.73. The third kappa shape index (κ3) is 4.44.